The Hall–Kier alpha value is -0.840. The van der Waals surface area contributed by atoms with Gasteiger partial charge in [0.05, 0.1) is 0 Å². The smallest absolute Gasteiger partial charge is 0.128 e. The molecule has 0 spiro atoms. The monoisotopic (exact) mass is 312 g/mol. The fourth-order valence-corrected chi connectivity index (χ4v) is 2.75. The molecule has 0 aromatic carbocycles. The molecule has 1 unspecified atom stereocenters. The minimum absolute atomic E-state index is 0. The van der Waals surface area contributed by atoms with E-state index in [0.29, 0.717) is 6.04 Å². The van der Waals surface area contributed by atoms with Crippen molar-refractivity contribution in [2.45, 2.75) is 32.9 Å². The molecule has 2 heterocycles. The van der Waals surface area contributed by atoms with Crippen molar-refractivity contribution >= 4 is 18.2 Å². The molecule has 0 aliphatic carbocycles. The molecule has 4 nitrogen and oxygen atoms in total. The molecule has 0 bridgehead atoms. The number of likely N-dealkylation sites (tertiary alicyclic amines) is 1. The highest BCUT2D eigenvalue weighted by atomic mass is 35.5. The van der Waals surface area contributed by atoms with Gasteiger partial charge in [0.15, 0.2) is 0 Å². The van der Waals surface area contributed by atoms with Crippen molar-refractivity contribution in [1.82, 2.24) is 15.2 Å². The zero-order valence-electron chi connectivity index (χ0n) is 13.7. The summed E-state index contributed by atoms with van der Waals surface area (Å²) < 4.78 is 0. The maximum Gasteiger partial charge on any atom is 0.128 e. The normalized spacial score (nSPS) is 18.8. The van der Waals surface area contributed by atoms with Gasteiger partial charge in [0.1, 0.15) is 5.82 Å². The van der Waals surface area contributed by atoms with Crippen LogP contribution in [0.1, 0.15) is 25.8 Å². The molecule has 1 aliphatic heterocycles. The highest BCUT2D eigenvalue weighted by Gasteiger charge is 2.21. The largest absolute Gasteiger partial charge is 0.357 e. The molecule has 1 N–H and O–H groups in total. The highest BCUT2D eigenvalue weighted by molar-refractivity contribution is 5.85. The molecule has 2 rings (SSSR count). The van der Waals surface area contributed by atoms with Crippen molar-refractivity contribution in [1.29, 1.82) is 0 Å². The fraction of sp³-hybridized carbons (Fsp3) is 0.688. The topological polar surface area (TPSA) is 31.4 Å². The van der Waals surface area contributed by atoms with E-state index in [1.165, 1.54) is 25.1 Å². The van der Waals surface area contributed by atoms with Crippen LogP contribution in [-0.4, -0.2) is 49.7 Å². The van der Waals surface area contributed by atoms with Crippen LogP contribution >= 0.6 is 12.4 Å². The second-order valence-corrected chi connectivity index (χ2v) is 6.18. The second-order valence-electron chi connectivity index (χ2n) is 6.18. The lowest BCUT2D eigenvalue weighted by atomic mass is 10.1. The predicted molar refractivity (Wildman–Crippen MR) is 92.3 cm³/mol. The van der Waals surface area contributed by atoms with Gasteiger partial charge in [0.2, 0.25) is 0 Å². The molecule has 5 heteroatoms. The van der Waals surface area contributed by atoms with E-state index in [9.17, 15) is 0 Å². The maximum absolute atomic E-state index is 4.58. The molecule has 1 aliphatic rings. The number of anilines is 1. The summed E-state index contributed by atoms with van der Waals surface area (Å²) in [6.45, 7) is 8.93. The number of hydrogen-bond donors (Lipinski definition) is 1. The molecule has 1 atom stereocenters. The number of pyridine rings is 1. The Morgan fingerprint density at radius 3 is 2.76 bits per heavy atom. The summed E-state index contributed by atoms with van der Waals surface area (Å²) in [5, 5.41) is 3.28. The third kappa shape index (κ3) is 5.13. The van der Waals surface area contributed by atoms with Crippen LogP contribution in [0.3, 0.4) is 0 Å². The number of rotatable bonds is 6. The van der Waals surface area contributed by atoms with Gasteiger partial charge in [-0.05, 0) is 58.0 Å². The van der Waals surface area contributed by atoms with E-state index in [1.54, 1.807) is 0 Å². The van der Waals surface area contributed by atoms with Crippen LogP contribution < -0.4 is 10.2 Å². The molecular weight excluding hydrogens is 284 g/mol. The summed E-state index contributed by atoms with van der Waals surface area (Å²) >= 11 is 0. The lowest BCUT2D eigenvalue weighted by Gasteiger charge is -2.23. The molecule has 21 heavy (non-hydrogen) atoms. The van der Waals surface area contributed by atoms with E-state index in [-0.39, 0.29) is 12.4 Å². The Labute approximate surface area is 135 Å². The quantitative estimate of drug-likeness (QED) is 0.874. The number of hydrogen-bond acceptors (Lipinski definition) is 4. The van der Waals surface area contributed by atoms with E-state index in [0.717, 1.165) is 24.8 Å². The highest BCUT2D eigenvalue weighted by Crippen LogP contribution is 2.19. The average Bonchev–Trinajstić information content (AvgIpc) is 2.86. The Morgan fingerprint density at radius 1 is 1.43 bits per heavy atom. The number of nitrogens with zero attached hydrogens (tertiary/aromatic N) is 3. The van der Waals surface area contributed by atoms with Crippen molar-refractivity contribution < 1.29 is 0 Å². The van der Waals surface area contributed by atoms with Gasteiger partial charge in [-0.3, -0.25) is 4.90 Å². The summed E-state index contributed by atoms with van der Waals surface area (Å²) in [7, 11) is 4.13. The minimum Gasteiger partial charge on any atom is -0.357 e. The van der Waals surface area contributed by atoms with E-state index in [4.69, 9.17) is 0 Å². The minimum atomic E-state index is 0. The SMILES string of the molecule is CNCC1CCN(Cc2ccc(N(C)C(C)C)nc2)C1.Cl. The second kappa shape index (κ2) is 8.57. The van der Waals surface area contributed by atoms with Gasteiger partial charge in [-0.2, -0.15) is 0 Å². The summed E-state index contributed by atoms with van der Waals surface area (Å²) in [6, 6.07) is 4.83. The molecule has 1 fully saturated rings. The Kier molecular flexibility index (Phi) is 7.43. The molecule has 0 saturated carbocycles. The number of halogens is 1. The van der Waals surface area contributed by atoms with Crippen molar-refractivity contribution in [3.63, 3.8) is 0 Å². The fourth-order valence-electron chi connectivity index (χ4n) is 2.75. The van der Waals surface area contributed by atoms with E-state index in [1.807, 2.05) is 13.2 Å². The first-order valence-corrected chi connectivity index (χ1v) is 7.65. The average molecular weight is 313 g/mol. The Balaban J connectivity index is 0.00000220. The number of nitrogens with one attached hydrogen (secondary N) is 1. The van der Waals surface area contributed by atoms with E-state index < -0.39 is 0 Å². The van der Waals surface area contributed by atoms with Crippen molar-refractivity contribution in [3.8, 4) is 0 Å². The standard InChI is InChI=1S/C16H28N4.ClH/c1-13(2)19(4)16-6-5-14(10-18-16)11-20-8-7-15(12-20)9-17-3;/h5-6,10,13,15,17H,7-9,11-12H2,1-4H3;1H. The lowest BCUT2D eigenvalue weighted by molar-refractivity contribution is 0.315. The molecule has 1 aromatic rings. The molecule has 1 saturated heterocycles. The Morgan fingerprint density at radius 2 is 2.19 bits per heavy atom. The summed E-state index contributed by atoms with van der Waals surface area (Å²) in [5.74, 6) is 1.86. The zero-order valence-corrected chi connectivity index (χ0v) is 14.5. The number of aromatic nitrogens is 1. The van der Waals surface area contributed by atoms with Crippen molar-refractivity contribution in [2.75, 3.05) is 38.6 Å². The molecule has 0 radical (unpaired) electrons. The van der Waals surface area contributed by atoms with Crippen LogP contribution in [0.4, 0.5) is 5.82 Å². The van der Waals surface area contributed by atoms with Crippen LogP contribution in [0.25, 0.3) is 0 Å². The first-order valence-electron chi connectivity index (χ1n) is 7.65. The van der Waals surface area contributed by atoms with Gasteiger partial charge in [-0.25, -0.2) is 4.98 Å². The summed E-state index contributed by atoms with van der Waals surface area (Å²) in [4.78, 5) is 9.31. The predicted octanol–water partition coefficient (Wildman–Crippen LogP) is 2.39. The lowest BCUT2D eigenvalue weighted by Crippen LogP contribution is -2.26. The van der Waals surface area contributed by atoms with Gasteiger partial charge >= 0.3 is 0 Å². The summed E-state index contributed by atoms with van der Waals surface area (Å²) in [5.41, 5.74) is 1.32. The molecule has 0 amide bonds. The first kappa shape index (κ1) is 18.2. The van der Waals surface area contributed by atoms with E-state index in [2.05, 4.69) is 53.1 Å². The van der Waals surface area contributed by atoms with Gasteiger partial charge in [-0.15, -0.1) is 12.4 Å². The maximum atomic E-state index is 4.58. The van der Waals surface area contributed by atoms with Crippen molar-refractivity contribution in [3.05, 3.63) is 23.9 Å². The van der Waals surface area contributed by atoms with Crippen LogP contribution in [0, 0.1) is 5.92 Å². The molecule has 1 aromatic heterocycles. The van der Waals surface area contributed by atoms with Crippen LogP contribution in [0.5, 0.6) is 0 Å². The first-order chi connectivity index (χ1) is 9.60. The van der Waals surface area contributed by atoms with E-state index >= 15 is 0 Å². The molecule has 120 valence electrons. The third-order valence-corrected chi connectivity index (χ3v) is 4.21. The van der Waals surface area contributed by atoms with Crippen LogP contribution in [0.2, 0.25) is 0 Å². The third-order valence-electron chi connectivity index (χ3n) is 4.21. The van der Waals surface area contributed by atoms with Gasteiger partial charge in [0, 0.05) is 32.4 Å². The Bertz CT molecular complexity index is 407. The van der Waals surface area contributed by atoms with Gasteiger partial charge in [-0.1, -0.05) is 6.07 Å². The summed E-state index contributed by atoms with van der Waals surface area (Å²) in [6.07, 6.45) is 3.34. The zero-order chi connectivity index (χ0) is 14.5. The van der Waals surface area contributed by atoms with Crippen LogP contribution in [-0.2, 0) is 6.54 Å². The van der Waals surface area contributed by atoms with Gasteiger partial charge in [0.25, 0.3) is 0 Å². The van der Waals surface area contributed by atoms with Crippen LogP contribution in [0.15, 0.2) is 18.3 Å². The van der Waals surface area contributed by atoms with Gasteiger partial charge < -0.3 is 10.2 Å². The van der Waals surface area contributed by atoms with Crippen molar-refractivity contribution in [2.24, 2.45) is 5.92 Å². The molecular formula is C16H29ClN4.